The summed E-state index contributed by atoms with van der Waals surface area (Å²) in [5.41, 5.74) is 2.19. The molecule has 0 radical (unpaired) electrons. The first kappa shape index (κ1) is 11.6. The molecule has 1 heterocycles. The molecule has 4 nitrogen and oxygen atoms in total. The molecule has 0 spiro atoms. The minimum absolute atomic E-state index is 0.0106. The van der Waals surface area contributed by atoms with Crippen molar-refractivity contribution in [3.05, 3.63) is 29.8 Å². The van der Waals surface area contributed by atoms with Gasteiger partial charge in [0.05, 0.1) is 0 Å². The Kier molecular flexibility index (Phi) is 3.42. The van der Waals surface area contributed by atoms with Gasteiger partial charge in [-0.25, -0.2) is 0 Å². The highest BCUT2D eigenvalue weighted by molar-refractivity contribution is 5.80. The molecule has 2 amide bonds. The summed E-state index contributed by atoms with van der Waals surface area (Å²) in [5, 5.41) is 2.79. The summed E-state index contributed by atoms with van der Waals surface area (Å²) in [6.07, 6.45) is 1.73. The quantitative estimate of drug-likeness (QED) is 0.795. The van der Waals surface area contributed by atoms with E-state index >= 15 is 0 Å². The number of nitrogens with zero attached hydrogens (tertiary/aromatic N) is 1. The Morgan fingerprint density at radius 3 is 3.00 bits per heavy atom. The Morgan fingerprint density at radius 1 is 1.53 bits per heavy atom. The number of para-hydroxylation sites is 1. The summed E-state index contributed by atoms with van der Waals surface area (Å²) in [4.78, 5) is 23.5. The molecule has 0 aliphatic carbocycles. The average molecular weight is 232 g/mol. The van der Waals surface area contributed by atoms with Crippen LogP contribution < -0.4 is 10.2 Å². The standard InChI is InChI=1S/C13H16N2O2/c1-10(17)14-7-6-11-8-15(9-16)13-5-3-2-4-12(11)13/h2-5,9,11H,6-8H2,1H3,(H,14,17). The molecule has 1 aromatic rings. The monoisotopic (exact) mass is 232 g/mol. The lowest BCUT2D eigenvalue weighted by atomic mass is 9.98. The van der Waals surface area contributed by atoms with Gasteiger partial charge in [0.1, 0.15) is 0 Å². The third kappa shape index (κ3) is 2.46. The summed E-state index contributed by atoms with van der Waals surface area (Å²) in [5.74, 6) is 0.312. The molecule has 1 aromatic carbocycles. The van der Waals surface area contributed by atoms with E-state index in [9.17, 15) is 9.59 Å². The molecule has 17 heavy (non-hydrogen) atoms. The van der Waals surface area contributed by atoms with E-state index in [0.717, 1.165) is 18.5 Å². The molecule has 1 atom stereocenters. The van der Waals surface area contributed by atoms with Crippen molar-refractivity contribution in [2.45, 2.75) is 19.3 Å². The van der Waals surface area contributed by atoms with Crippen molar-refractivity contribution in [3.63, 3.8) is 0 Å². The fourth-order valence-electron chi connectivity index (χ4n) is 2.30. The molecule has 90 valence electrons. The van der Waals surface area contributed by atoms with E-state index in [0.29, 0.717) is 19.0 Å². The smallest absolute Gasteiger partial charge is 0.216 e. The second kappa shape index (κ2) is 4.99. The number of anilines is 1. The highest BCUT2D eigenvalue weighted by Gasteiger charge is 2.27. The molecule has 0 bridgehead atoms. The van der Waals surface area contributed by atoms with E-state index in [1.54, 1.807) is 4.90 Å². The van der Waals surface area contributed by atoms with E-state index in [-0.39, 0.29) is 5.91 Å². The second-order valence-electron chi connectivity index (χ2n) is 4.29. The SMILES string of the molecule is CC(=O)NCCC1CN(C=O)c2ccccc21. The van der Waals surface area contributed by atoms with E-state index in [1.807, 2.05) is 18.2 Å². The summed E-state index contributed by atoms with van der Waals surface area (Å²) in [6, 6.07) is 7.93. The first-order valence-corrected chi connectivity index (χ1v) is 5.77. The van der Waals surface area contributed by atoms with Crippen molar-refractivity contribution in [1.29, 1.82) is 0 Å². The summed E-state index contributed by atoms with van der Waals surface area (Å²) >= 11 is 0. The highest BCUT2D eigenvalue weighted by atomic mass is 16.1. The van der Waals surface area contributed by atoms with Crippen molar-refractivity contribution < 1.29 is 9.59 Å². The van der Waals surface area contributed by atoms with Gasteiger partial charge in [-0.15, -0.1) is 0 Å². The molecule has 1 aliphatic rings. The Hall–Kier alpha value is -1.84. The zero-order valence-electron chi connectivity index (χ0n) is 9.85. The number of benzene rings is 1. The molecule has 1 N–H and O–H groups in total. The molecule has 4 heteroatoms. The zero-order valence-corrected chi connectivity index (χ0v) is 9.85. The fraction of sp³-hybridized carbons (Fsp3) is 0.385. The first-order chi connectivity index (χ1) is 8.22. The Labute approximate surface area is 101 Å². The van der Waals surface area contributed by atoms with Crippen molar-refractivity contribution in [2.24, 2.45) is 0 Å². The average Bonchev–Trinajstić information content (AvgIpc) is 2.68. The van der Waals surface area contributed by atoms with Gasteiger partial charge in [0.2, 0.25) is 12.3 Å². The van der Waals surface area contributed by atoms with Crippen LogP contribution in [0, 0.1) is 0 Å². The van der Waals surface area contributed by atoms with Crippen LogP contribution in [0.15, 0.2) is 24.3 Å². The van der Waals surface area contributed by atoms with Crippen LogP contribution in [-0.4, -0.2) is 25.4 Å². The number of rotatable bonds is 4. The number of nitrogens with one attached hydrogen (secondary N) is 1. The van der Waals surface area contributed by atoms with Crippen LogP contribution in [0.5, 0.6) is 0 Å². The van der Waals surface area contributed by atoms with Gasteiger partial charge >= 0.3 is 0 Å². The van der Waals surface area contributed by atoms with Gasteiger partial charge in [0, 0.05) is 31.6 Å². The lowest BCUT2D eigenvalue weighted by Gasteiger charge is -2.11. The van der Waals surface area contributed by atoms with Crippen LogP contribution in [0.4, 0.5) is 5.69 Å². The van der Waals surface area contributed by atoms with Crippen LogP contribution in [-0.2, 0) is 9.59 Å². The van der Waals surface area contributed by atoms with E-state index in [1.165, 1.54) is 12.5 Å². The van der Waals surface area contributed by atoms with Gasteiger partial charge in [-0.2, -0.15) is 0 Å². The van der Waals surface area contributed by atoms with Gasteiger partial charge in [-0.3, -0.25) is 9.59 Å². The third-order valence-electron chi connectivity index (χ3n) is 3.10. The molecule has 0 aromatic heterocycles. The minimum atomic E-state index is -0.0106. The number of hydrogen-bond acceptors (Lipinski definition) is 2. The van der Waals surface area contributed by atoms with Crippen molar-refractivity contribution in [1.82, 2.24) is 5.32 Å². The predicted molar refractivity (Wildman–Crippen MR) is 65.9 cm³/mol. The number of fused-ring (bicyclic) bond motifs is 1. The molecule has 0 saturated heterocycles. The Balaban J connectivity index is 2.06. The van der Waals surface area contributed by atoms with Crippen LogP contribution in [0.2, 0.25) is 0 Å². The van der Waals surface area contributed by atoms with Crippen LogP contribution in [0.3, 0.4) is 0 Å². The van der Waals surface area contributed by atoms with Gasteiger partial charge in [0.25, 0.3) is 0 Å². The zero-order chi connectivity index (χ0) is 12.3. The van der Waals surface area contributed by atoms with Gasteiger partial charge in [0.15, 0.2) is 0 Å². The molecule has 0 saturated carbocycles. The molecule has 2 rings (SSSR count). The minimum Gasteiger partial charge on any atom is -0.356 e. The maximum atomic E-state index is 11.0. The largest absolute Gasteiger partial charge is 0.356 e. The van der Waals surface area contributed by atoms with Gasteiger partial charge < -0.3 is 10.2 Å². The Morgan fingerprint density at radius 2 is 2.29 bits per heavy atom. The number of carbonyl (C=O) groups excluding carboxylic acids is 2. The van der Waals surface area contributed by atoms with Crippen LogP contribution >= 0.6 is 0 Å². The van der Waals surface area contributed by atoms with Crippen LogP contribution in [0.25, 0.3) is 0 Å². The van der Waals surface area contributed by atoms with Crippen molar-refractivity contribution in [2.75, 3.05) is 18.0 Å². The van der Waals surface area contributed by atoms with Crippen molar-refractivity contribution >= 4 is 18.0 Å². The number of hydrogen-bond donors (Lipinski definition) is 1. The first-order valence-electron chi connectivity index (χ1n) is 5.77. The molecule has 0 fully saturated rings. The summed E-state index contributed by atoms with van der Waals surface area (Å²) < 4.78 is 0. The van der Waals surface area contributed by atoms with Crippen molar-refractivity contribution in [3.8, 4) is 0 Å². The lowest BCUT2D eigenvalue weighted by molar-refractivity contribution is -0.119. The molecule has 1 unspecified atom stereocenters. The Bertz CT molecular complexity index is 431. The maximum Gasteiger partial charge on any atom is 0.216 e. The van der Waals surface area contributed by atoms with E-state index < -0.39 is 0 Å². The predicted octanol–water partition coefficient (Wildman–Crippen LogP) is 1.27. The molecular formula is C13H16N2O2. The van der Waals surface area contributed by atoms with E-state index in [4.69, 9.17) is 0 Å². The highest BCUT2D eigenvalue weighted by Crippen LogP contribution is 2.36. The lowest BCUT2D eigenvalue weighted by Crippen LogP contribution is -2.24. The number of amides is 2. The van der Waals surface area contributed by atoms with E-state index in [2.05, 4.69) is 11.4 Å². The maximum absolute atomic E-state index is 11.0. The molecular weight excluding hydrogens is 216 g/mol. The summed E-state index contributed by atoms with van der Waals surface area (Å²) in [7, 11) is 0. The fourth-order valence-corrected chi connectivity index (χ4v) is 2.30. The molecule has 1 aliphatic heterocycles. The third-order valence-corrected chi connectivity index (χ3v) is 3.10. The topological polar surface area (TPSA) is 49.4 Å². The normalized spacial score (nSPS) is 17.7. The van der Waals surface area contributed by atoms with Gasteiger partial charge in [-0.05, 0) is 18.1 Å². The van der Waals surface area contributed by atoms with Crippen LogP contribution in [0.1, 0.15) is 24.8 Å². The number of carbonyl (C=O) groups is 2. The summed E-state index contributed by atoms with van der Waals surface area (Å²) in [6.45, 7) is 2.88. The second-order valence-corrected chi connectivity index (χ2v) is 4.29. The van der Waals surface area contributed by atoms with Gasteiger partial charge in [-0.1, -0.05) is 18.2 Å².